The van der Waals surface area contributed by atoms with Gasteiger partial charge in [0.1, 0.15) is 5.78 Å². The van der Waals surface area contributed by atoms with Crippen LogP contribution >= 0.6 is 0 Å². The van der Waals surface area contributed by atoms with Crippen LogP contribution in [0.1, 0.15) is 38.2 Å². The Balaban J connectivity index is 1.76. The van der Waals surface area contributed by atoms with Crippen LogP contribution in [0.25, 0.3) is 0 Å². The zero-order chi connectivity index (χ0) is 14.4. The molecular formula is C16H22N2O2. The van der Waals surface area contributed by atoms with Crippen LogP contribution < -0.4 is 0 Å². The number of aromatic nitrogens is 1. The second-order valence-electron chi connectivity index (χ2n) is 5.34. The molecule has 1 fully saturated rings. The van der Waals surface area contributed by atoms with Crippen LogP contribution in [0.15, 0.2) is 24.5 Å². The fraction of sp³-hybridized carbons (Fsp3) is 0.562. The van der Waals surface area contributed by atoms with Gasteiger partial charge >= 0.3 is 0 Å². The number of piperidine rings is 1. The van der Waals surface area contributed by atoms with E-state index in [0.29, 0.717) is 18.6 Å². The summed E-state index contributed by atoms with van der Waals surface area (Å²) >= 11 is 0. The van der Waals surface area contributed by atoms with Crippen molar-refractivity contribution in [3.8, 4) is 0 Å². The Hall–Kier alpha value is -1.71. The molecule has 1 amide bonds. The lowest BCUT2D eigenvalue weighted by Gasteiger charge is -2.31. The van der Waals surface area contributed by atoms with Gasteiger partial charge in [0.15, 0.2) is 0 Å². The summed E-state index contributed by atoms with van der Waals surface area (Å²) in [5.41, 5.74) is 1.09. The highest BCUT2D eigenvalue weighted by atomic mass is 16.2. The minimum atomic E-state index is 0.169. The third-order valence-corrected chi connectivity index (χ3v) is 4.00. The lowest BCUT2D eigenvalue weighted by molar-refractivity contribution is -0.135. The van der Waals surface area contributed by atoms with Gasteiger partial charge in [0.25, 0.3) is 0 Å². The predicted molar refractivity (Wildman–Crippen MR) is 77.2 cm³/mol. The Bertz CT molecular complexity index is 451. The summed E-state index contributed by atoms with van der Waals surface area (Å²) in [5, 5.41) is 0. The van der Waals surface area contributed by atoms with Crippen molar-refractivity contribution >= 4 is 11.7 Å². The van der Waals surface area contributed by atoms with E-state index in [9.17, 15) is 9.59 Å². The van der Waals surface area contributed by atoms with Crippen molar-refractivity contribution in [2.75, 3.05) is 13.1 Å². The molecule has 2 rings (SSSR count). The maximum Gasteiger partial charge on any atom is 0.222 e. The quantitative estimate of drug-likeness (QED) is 0.827. The number of likely N-dealkylation sites (tertiary alicyclic amines) is 1. The highest BCUT2D eigenvalue weighted by Crippen LogP contribution is 2.20. The zero-order valence-corrected chi connectivity index (χ0v) is 12.0. The maximum atomic E-state index is 12.1. The van der Waals surface area contributed by atoms with Crippen molar-refractivity contribution in [1.29, 1.82) is 0 Å². The average Bonchev–Trinajstić information content (AvgIpc) is 2.53. The first-order valence-corrected chi connectivity index (χ1v) is 7.40. The summed E-state index contributed by atoms with van der Waals surface area (Å²) in [6.45, 7) is 3.36. The van der Waals surface area contributed by atoms with E-state index in [1.807, 2.05) is 24.0 Å². The number of hydrogen-bond acceptors (Lipinski definition) is 3. The molecule has 4 nitrogen and oxygen atoms in total. The van der Waals surface area contributed by atoms with E-state index in [4.69, 9.17) is 0 Å². The minimum absolute atomic E-state index is 0.169. The maximum absolute atomic E-state index is 12.1. The highest BCUT2D eigenvalue weighted by Gasteiger charge is 2.25. The van der Waals surface area contributed by atoms with Crippen molar-refractivity contribution < 1.29 is 9.59 Å². The minimum Gasteiger partial charge on any atom is -0.343 e. The Labute approximate surface area is 120 Å². The molecule has 2 heterocycles. The van der Waals surface area contributed by atoms with Crippen LogP contribution in [0.3, 0.4) is 0 Å². The third kappa shape index (κ3) is 3.89. The van der Waals surface area contributed by atoms with Gasteiger partial charge in [-0.2, -0.15) is 0 Å². The van der Waals surface area contributed by atoms with Gasteiger partial charge in [-0.15, -0.1) is 0 Å². The number of rotatable bonds is 5. The second-order valence-corrected chi connectivity index (χ2v) is 5.34. The van der Waals surface area contributed by atoms with Crippen LogP contribution in [-0.2, 0) is 16.0 Å². The lowest BCUT2D eigenvalue weighted by Crippen LogP contribution is -2.40. The summed E-state index contributed by atoms with van der Waals surface area (Å²) in [4.78, 5) is 29.7. The molecule has 0 radical (unpaired) electrons. The number of carbonyl (C=O) groups excluding carboxylic acids is 2. The molecule has 0 saturated carbocycles. The Morgan fingerprint density at radius 2 is 2.10 bits per heavy atom. The number of carbonyl (C=O) groups is 2. The summed E-state index contributed by atoms with van der Waals surface area (Å²) < 4.78 is 0. The van der Waals surface area contributed by atoms with Crippen LogP contribution in [0.4, 0.5) is 0 Å². The molecule has 108 valence electrons. The smallest absolute Gasteiger partial charge is 0.222 e. The van der Waals surface area contributed by atoms with Gasteiger partial charge in [0, 0.05) is 44.2 Å². The Morgan fingerprint density at radius 3 is 2.70 bits per heavy atom. The summed E-state index contributed by atoms with van der Waals surface area (Å²) in [5.74, 6) is 0.700. The Morgan fingerprint density at radius 1 is 1.35 bits per heavy atom. The Kier molecular flexibility index (Phi) is 5.27. The van der Waals surface area contributed by atoms with E-state index in [1.165, 1.54) is 0 Å². The van der Waals surface area contributed by atoms with Crippen molar-refractivity contribution in [3.63, 3.8) is 0 Å². The normalized spacial score (nSPS) is 16.1. The first-order chi connectivity index (χ1) is 9.70. The van der Waals surface area contributed by atoms with Crippen molar-refractivity contribution in [1.82, 2.24) is 9.88 Å². The molecule has 1 aromatic rings. The summed E-state index contributed by atoms with van der Waals surface area (Å²) in [6.07, 6.45) is 7.06. The van der Waals surface area contributed by atoms with Crippen LogP contribution in [-0.4, -0.2) is 34.7 Å². The molecule has 0 atom stereocenters. The molecule has 0 aromatic carbocycles. The molecule has 1 aliphatic rings. The summed E-state index contributed by atoms with van der Waals surface area (Å²) in [7, 11) is 0. The molecule has 0 spiro atoms. The van der Waals surface area contributed by atoms with Gasteiger partial charge in [-0.25, -0.2) is 0 Å². The monoisotopic (exact) mass is 274 g/mol. The highest BCUT2D eigenvalue weighted by molar-refractivity contribution is 5.81. The molecule has 1 aromatic heterocycles. The number of amides is 1. The summed E-state index contributed by atoms with van der Waals surface area (Å²) in [6, 6.07) is 3.88. The molecule has 0 bridgehead atoms. The van der Waals surface area contributed by atoms with Crippen molar-refractivity contribution in [2.45, 2.75) is 39.0 Å². The number of nitrogens with zero attached hydrogens (tertiary/aromatic N) is 2. The molecule has 0 N–H and O–H groups in total. The fourth-order valence-electron chi connectivity index (χ4n) is 2.69. The lowest BCUT2D eigenvalue weighted by atomic mass is 9.91. The van der Waals surface area contributed by atoms with Gasteiger partial charge in [0.2, 0.25) is 5.91 Å². The SMILES string of the molecule is CCC(=O)C1CCN(C(=O)CCc2cccnc2)CC1. The molecule has 0 unspecified atom stereocenters. The predicted octanol–water partition coefficient (Wildman–Crippen LogP) is 2.23. The average molecular weight is 274 g/mol. The standard InChI is InChI=1S/C16H22N2O2/c1-2-15(19)14-7-10-18(11-8-14)16(20)6-5-13-4-3-9-17-12-13/h3-4,9,12,14H,2,5-8,10-11H2,1H3. The van der Waals surface area contributed by atoms with Gasteiger partial charge in [-0.1, -0.05) is 13.0 Å². The van der Waals surface area contributed by atoms with E-state index >= 15 is 0 Å². The molecule has 4 heteroatoms. The largest absolute Gasteiger partial charge is 0.343 e. The fourth-order valence-corrected chi connectivity index (χ4v) is 2.69. The van der Waals surface area contributed by atoms with Gasteiger partial charge in [-0.05, 0) is 30.9 Å². The molecule has 1 aliphatic heterocycles. The van der Waals surface area contributed by atoms with Crippen LogP contribution in [0.2, 0.25) is 0 Å². The molecule has 0 aliphatic carbocycles. The van der Waals surface area contributed by atoms with Crippen molar-refractivity contribution in [3.05, 3.63) is 30.1 Å². The van der Waals surface area contributed by atoms with Gasteiger partial charge in [-0.3, -0.25) is 14.6 Å². The van der Waals surface area contributed by atoms with E-state index in [0.717, 1.165) is 37.9 Å². The number of aryl methyl sites for hydroxylation is 1. The topological polar surface area (TPSA) is 50.3 Å². The van der Waals surface area contributed by atoms with Gasteiger partial charge < -0.3 is 4.90 Å². The first-order valence-electron chi connectivity index (χ1n) is 7.40. The van der Waals surface area contributed by atoms with Crippen molar-refractivity contribution in [2.24, 2.45) is 5.92 Å². The number of Topliss-reactive ketones (excluding diaryl/α,β-unsaturated/α-hetero) is 1. The van der Waals surface area contributed by atoms with Gasteiger partial charge in [0.05, 0.1) is 0 Å². The zero-order valence-electron chi connectivity index (χ0n) is 12.0. The number of ketones is 1. The number of pyridine rings is 1. The first kappa shape index (κ1) is 14.7. The van der Waals surface area contributed by atoms with Crippen LogP contribution in [0.5, 0.6) is 0 Å². The second kappa shape index (κ2) is 7.17. The van der Waals surface area contributed by atoms with E-state index in [1.54, 1.807) is 12.4 Å². The van der Waals surface area contributed by atoms with E-state index in [-0.39, 0.29) is 11.8 Å². The molecule has 1 saturated heterocycles. The van der Waals surface area contributed by atoms with E-state index < -0.39 is 0 Å². The third-order valence-electron chi connectivity index (χ3n) is 4.00. The molecule has 20 heavy (non-hydrogen) atoms. The van der Waals surface area contributed by atoms with E-state index in [2.05, 4.69) is 4.98 Å². The number of hydrogen-bond donors (Lipinski definition) is 0. The van der Waals surface area contributed by atoms with Crippen LogP contribution in [0, 0.1) is 5.92 Å². The molecular weight excluding hydrogens is 252 g/mol.